The van der Waals surface area contributed by atoms with Gasteiger partial charge in [0, 0.05) is 96.1 Å². The van der Waals surface area contributed by atoms with Gasteiger partial charge < -0.3 is 30.4 Å². The number of carbonyl (C=O) groups excluding carboxylic acids is 2. The standard InChI is InChI=1S/C25H21ClF4N6O.C24H21ClF2N6O/c26-16-9-18-19(12-33-21(18)31-10-16)22-34-13-20(27)23(35-22)32-11-17-6-1-2-7-36(17)24(37)14-4-3-5-15(8-14)25(28,29)30;25-15-9-18-19(12-30-21(18)28-10-15)22-31-13-20(27)23(32-22)29-11-17-3-1-2-8-33(17)24(34)14-4-6-16(26)7-5-14/h3-5,8-10,12-13,17H,1-2,6-7,11H2,(H,31,33)(H,32,34,35);4-7,9-10,12-13,17H,1-3,8,11H2,(H,28,30)(H,29,31,32)/t2*17-/m11/s1. The maximum absolute atomic E-state index is 14.6. The molecule has 0 unspecified atom stereocenters. The summed E-state index contributed by atoms with van der Waals surface area (Å²) < 4.78 is 81.9. The van der Waals surface area contributed by atoms with Gasteiger partial charge in [-0.05, 0) is 93.1 Å². The number of anilines is 2. The second-order valence-electron chi connectivity index (χ2n) is 16.9. The number of aromatic nitrogens is 8. The normalized spacial score (nSPS) is 16.2. The summed E-state index contributed by atoms with van der Waals surface area (Å²) in [4.78, 5) is 60.9. The molecule has 14 nitrogen and oxygen atoms in total. The number of hydrogen-bond donors (Lipinski definition) is 4. The number of fused-ring (bicyclic) bond motifs is 2. The van der Waals surface area contributed by atoms with Gasteiger partial charge in [-0.15, -0.1) is 0 Å². The Hall–Kier alpha value is -7.32. The van der Waals surface area contributed by atoms with Crippen molar-refractivity contribution in [3.63, 3.8) is 0 Å². The Kier molecular flexibility index (Phi) is 14.4. The zero-order valence-electron chi connectivity index (χ0n) is 37.4. The third-order valence-electron chi connectivity index (χ3n) is 12.3. The predicted octanol–water partition coefficient (Wildman–Crippen LogP) is 11.0. The van der Waals surface area contributed by atoms with Gasteiger partial charge in [0.25, 0.3) is 11.8 Å². The third kappa shape index (κ3) is 11.0. The van der Waals surface area contributed by atoms with Gasteiger partial charge in [-0.1, -0.05) is 29.3 Å². The van der Waals surface area contributed by atoms with Crippen molar-refractivity contribution in [1.29, 1.82) is 0 Å². The highest BCUT2D eigenvalue weighted by Crippen LogP contribution is 2.33. The average molecular weight is 1020 g/mol. The van der Waals surface area contributed by atoms with E-state index in [1.165, 1.54) is 48.8 Å². The summed E-state index contributed by atoms with van der Waals surface area (Å²) in [6.45, 7) is 1.46. The molecule has 2 atom stereocenters. The van der Waals surface area contributed by atoms with Crippen LogP contribution in [0.3, 0.4) is 0 Å². The minimum atomic E-state index is -4.55. The largest absolute Gasteiger partial charge is 0.416 e. The number of pyridine rings is 2. The summed E-state index contributed by atoms with van der Waals surface area (Å²) in [5.74, 6) is -1.75. The first-order chi connectivity index (χ1) is 34.2. The van der Waals surface area contributed by atoms with E-state index in [1.54, 1.807) is 34.3 Å². The third-order valence-corrected chi connectivity index (χ3v) is 12.7. The number of piperidine rings is 2. The van der Waals surface area contributed by atoms with Crippen molar-refractivity contribution >= 4 is 68.7 Å². The summed E-state index contributed by atoms with van der Waals surface area (Å²) in [6, 6.07) is 12.8. The Balaban J connectivity index is 0.000000176. The van der Waals surface area contributed by atoms with E-state index in [2.05, 4.69) is 50.5 Å². The Labute approximate surface area is 411 Å². The van der Waals surface area contributed by atoms with E-state index in [9.17, 15) is 35.9 Å². The number of nitrogens with zero attached hydrogens (tertiary/aromatic N) is 8. The molecule has 0 saturated carbocycles. The lowest BCUT2D eigenvalue weighted by molar-refractivity contribution is -0.137. The number of benzene rings is 2. The highest BCUT2D eigenvalue weighted by molar-refractivity contribution is 6.31. The van der Waals surface area contributed by atoms with Crippen molar-refractivity contribution in [3.05, 3.63) is 142 Å². The molecule has 8 aromatic rings. The summed E-state index contributed by atoms with van der Waals surface area (Å²) in [6.07, 6.45) is 8.79. The zero-order chi connectivity index (χ0) is 49.8. The Morgan fingerprint density at radius 3 is 1.62 bits per heavy atom. The van der Waals surface area contributed by atoms with Crippen molar-refractivity contribution in [2.45, 2.75) is 56.8 Å². The number of aromatic amines is 2. The van der Waals surface area contributed by atoms with Crippen LogP contribution < -0.4 is 10.6 Å². The van der Waals surface area contributed by atoms with Crippen LogP contribution in [0.4, 0.5) is 38.0 Å². The second kappa shape index (κ2) is 21.0. The van der Waals surface area contributed by atoms with Gasteiger partial charge in [0.15, 0.2) is 34.9 Å². The fourth-order valence-corrected chi connectivity index (χ4v) is 9.03. The van der Waals surface area contributed by atoms with Gasteiger partial charge in [-0.25, -0.2) is 43.1 Å². The monoisotopic (exact) mass is 1010 g/mol. The van der Waals surface area contributed by atoms with Crippen molar-refractivity contribution in [2.24, 2.45) is 0 Å². The molecule has 71 heavy (non-hydrogen) atoms. The van der Waals surface area contributed by atoms with Crippen molar-refractivity contribution in [1.82, 2.24) is 49.7 Å². The molecule has 8 heterocycles. The van der Waals surface area contributed by atoms with Crippen LogP contribution in [0.5, 0.6) is 0 Å². The van der Waals surface area contributed by atoms with Crippen LogP contribution in [0.1, 0.15) is 64.8 Å². The zero-order valence-corrected chi connectivity index (χ0v) is 38.9. The minimum Gasteiger partial charge on any atom is -0.365 e. The number of halogens is 8. The molecule has 2 fully saturated rings. The predicted molar refractivity (Wildman–Crippen MR) is 256 cm³/mol. The van der Waals surface area contributed by atoms with E-state index in [4.69, 9.17) is 23.2 Å². The first-order valence-corrected chi connectivity index (χ1v) is 23.3. The van der Waals surface area contributed by atoms with Crippen LogP contribution in [0.2, 0.25) is 10.0 Å². The summed E-state index contributed by atoms with van der Waals surface area (Å²) in [5, 5.41) is 8.33. The topological polar surface area (TPSA) is 174 Å². The number of alkyl halides is 3. The quantitative estimate of drug-likeness (QED) is 0.0966. The summed E-state index contributed by atoms with van der Waals surface area (Å²) in [5.41, 5.74) is 1.95. The number of H-pyrrole nitrogens is 2. The molecule has 2 aliphatic heterocycles. The van der Waals surface area contributed by atoms with Crippen LogP contribution in [0.15, 0.2) is 97.8 Å². The first-order valence-electron chi connectivity index (χ1n) is 22.5. The van der Waals surface area contributed by atoms with Gasteiger partial charge in [-0.2, -0.15) is 13.2 Å². The maximum Gasteiger partial charge on any atom is 0.416 e. The number of rotatable bonds is 10. The van der Waals surface area contributed by atoms with E-state index >= 15 is 0 Å². The van der Waals surface area contributed by atoms with Crippen LogP contribution >= 0.6 is 23.2 Å². The van der Waals surface area contributed by atoms with E-state index in [0.717, 1.165) is 62.0 Å². The molecule has 2 aliphatic rings. The smallest absolute Gasteiger partial charge is 0.365 e. The van der Waals surface area contributed by atoms with Crippen LogP contribution in [0.25, 0.3) is 44.8 Å². The van der Waals surface area contributed by atoms with E-state index in [1.807, 2.05) is 0 Å². The summed E-state index contributed by atoms with van der Waals surface area (Å²) in [7, 11) is 0. The molecule has 366 valence electrons. The molecule has 2 aromatic carbocycles. The molecular formula is C49H42Cl2F6N12O2. The van der Waals surface area contributed by atoms with E-state index in [-0.39, 0.29) is 47.6 Å². The fraction of sp³-hybridized carbons (Fsp3) is 0.265. The molecule has 4 N–H and O–H groups in total. The lowest BCUT2D eigenvalue weighted by Crippen LogP contribution is -2.47. The molecule has 0 radical (unpaired) electrons. The van der Waals surface area contributed by atoms with Gasteiger partial charge in [0.1, 0.15) is 17.1 Å². The lowest BCUT2D eigenvalue weighted by Gasteiger charge is -2.36. The van der Waals surface area contributed by atoms with Gasteiger partial charge in [0.05, 0.1) is 28.0 Å². The second-order valence-corrected chi connectivity index (χ2v) is 17.8. The number of likely N-dealkylation sites (tertiary alicyclic amines) is 2. The Morgan fingerprint density at radius 2 is 1.13 bits per heavy atom. The van der Waals surface area contributed by atoms with E-state index < -0.39 is 35.1 Å². The van der Waals surface area contributed by atoms with Crippen LogP contribution in [-0.4, -0.2) is 99.7 Å². The SMILES string of the molecule is O=C(c1ccc(F)cc1)N1CCCC[C@@H]1CNc1nc(-c2c[nH]c3ncc(Cl)cc23)ncc1F.O=C(c1cccc(C(F)(F)F)c1)N1CCCC[C@@H]1CNc1nc(-c2c[nH]c3ncc(Cl)cc23)ncc1F. The molecule has 0 bridgehead atoms. The van der Waals surface area contributed by atoms with Gasteiger partial charge in [0.2, 0.25) is 0 Å². The number of carbonyl (C=O) groups is 2. The highest BCUT2D eigenvalue weighted by Gasteiger charge is 2.33. The van der Waals surface area contributed by atoms with Crippen molar-refractivity contribution in [3.8, 4) is 22.8 Å². The maximum atomic E-state index is 14.6. The lowest BCUT2D eigenvalue weighted by atomic mass is 10.00. The number of amides is 2. The minimum absolute atomic E-state index is 0.0381. The number of hydrogen-bond acceptors (Lipinski definition) is 10. The van der Waals surface area contributed by atoms with E-state index in [0.29, 0.717) is 75.3 Å². The molecule has 10 rings (SSSR count). The summed E-state index contributed by atoms with van der Waals surface area (Å²) >= 11 is 12.1. The molecule has 0 aliphatic carbocycles. The van der Waals surface area contributed by atoms with Crippen LogP contribution in [0, 0.1) is 17.5 Å². The number of nitrogens with one attached hydrogen (secondary N) is 4. The molecular weight excluding hydrogens is 974 g/mol. The van der Waals surface area contributed by atoms with Gasteiger partial charge >= 0.3 is 6.18 Å². The Morgan fingerprint density at radius 1 is 0.634 bits per heavy atom. The molecule has 22 heteroatoms. The molecule has 0 spiro atoms. The Bertz CT molecular complexity index is 3230. The van der Waals surface area contributed by atoms with Crippen molar-refractivity contribution < 1.29 is 35.9 Å². The average Bonchev–Trinajstić information content (AvgIpc) is 4.00. The molecule has 2 saturated heterocycles. The molecule has 2 amide bonds. The first kappa shape index (κ1) is 48.7. The van der Waals surface area contributed by atoms with Gasteiger partial charge in [-0.3, -0.25) is 9.59 Å². The highest BCUT2D eigenvalue weighted by atomic mass is 35.5. The van der Waals surface area contributed by atoms with Crippen LogP contribution in [-0.2, 0) is 6.18 Å². The molecule has 6 aromatic heterocycles. The fourth-order valence-electron chi connectivity index (χ4n) is 8.71. The van der Waals surface area contributed by atoms with Crippen molar-refractivity contribution in [2.75, 3.05) is 36.8 Å².